The number of hydrogen-bond donors (Lipinski definition) is 1. The summed E-state index contributed by atoms with van der Waals surface area (Å²) in [6.45, 7) is 3.64. The minimum Gasteiger partial charge on any atom is -0.494 e. The number of halogens is 1. The average molecular weight is 291 g/mol. The third-order valence-electron chi connectivity index (χ3n) is 2.88. The Kier molecular flexibility index (Phi) is 5.69. The van der Waals surface area contributed by atoms with Gasteiger partial charge in [0.15, 0.2) is 0 Å². The largest absolute Gasteiger partial charge is 0.494 e. The van der Waals surface area contributed by atoms with Crippen molar-refractivity contribution in [3.63, 3.8) is 0 Å². The van der Waals surface area contributed by atoms with Crippen LogP contribution in [0, 0.1) is 0 Å². The van der Waals surface area contributed by atoms with Gasteiger partial charge in [-0.25, -0.2) is 4.98 Å². The average Bonchev–Trinajstić information content (AvgIpc) is 2.47. The molecule has 0 bridgehead atoms. The normalized spacial score (nSPS) is 10.3. The topological polar surface area (TPSA) is 34.1 Å². The van der Waals surface area contributed by atoms with Gasteiger partial charge < -0.3 is 10.1 Å². The predicted molar refractivity (Wildman–Crippen MR) is 83.4 cm³/mol. The number of pyridine rings is 1. The number of rotatable bonds is 7. The van der Waals surface area contributed by atoms with Gasteiger partial charge >= 0.3 is 0 Å². The zero-order chi connectivity index (χ0) is 14.2. The van der Waals surface area contributed by atoms with E-state index in [-0.39, 0.29) is 0 Å². The molecule has 0 atom stereocenters. The van der Waals surface area contributed by atoms with Crippen LogP contribution in [-0.4, -0.2) is 11.6 Å². The molecule has 2 rings (SSSR count). The van der Waals surface area contributed by atoms with Crippen LogP contribution in [0.3, 0.4) is 0 Å². The number of benzene rings is 1. The van der Waals surface area contributed by atoms with Crippen LogP contribution in [0.5, 0.6) is 5.75 Å². The SMILES string of the molecule is CCCCOc1ccc(CNc2cccc(Cl)n2)cc1. The first-order valence-electron chi connectivity index (χ1n) is 6.86. The molecule has 0 aliphatic carbocycles. The summed E-state index contributed by atoms with van der Waals surface area (Å²) < 4.78 is 5.63. The van der Waals surface area contributed by atoms with Crippen LogP contribution in [0.15, 0.2) is 42.5 Å². The number of nitrogens with zero attached hydrogens (tertiary/aromatic N) is 1. The molecule has 1 aromatic heterocycles. The second kappa shape index (κ2) is 7.75. The molecule has 0 saturated heterocycles. The van der Waals surface area contributed by atoms with Gasteiger partial charge in [-0.05, 0) is 36.2 Å². The fraction of sp³-hybridized carbons (Fsp3) is 0.312. The summed E-state index contributed by atoms with van der Waals surface area (Å²) in [5, 5.41) is 3.73. The molecule has 2 aromatic rings. The lowest BCUT2D eigenvalue weighted by Crippen LogP contribution is -2.01. The molecule has 0 fully saturated rings. The van der Waals surface area contributed by atoms with Crippen molar-refractivity contribution in [3.05, 3.63) is 53.2 Å². The van der Waals surface area contributed by atoms with Gasteiger partial charge in [0.25, 0.3) is 0 Å². The molecule has 1 aromatic carbocycles. The molecule has 0 aliphatic rings. The number of aromatic nitrogens is 1. The third kappa shape index (κ3) is 4.74. The maximum absolute atomic E-state index is 5.84. The van der Waals surface area contributed by atoms with Crippen LogP contribution in [-0.2, 0) is 6.54 Å². The maximum atomic E-state index is 5.84. The molecule has 0 radical (unpaired) electrons. The fourth-order valence-corrected chi connectivity index (χ4v) is 1.90. The van der Waals surface area contributed by atoms with Crippen molar-refractivity contribution < 1.29 is 4.74 Å². The Hall–Kier alpha value is -1.74. The Morgan fingerprint density at radius 3 is 2.65 bits per heavy atom. The van der Waals surface area contributed by atoms with Gasteiger partial charge in [0.1, 0.15) is 16.7 Å². The van der Waals surface area contributed by atoms with Crippen molar-refractivity contribution in [1.82, 2.24) is 4.98 Å². The van der Waals surface area contributed by atoms with E-state index in [0.29, 0.717) is 11.7 Å². The Labute approximate surface area is 124 Å². The second-order valence-electron chi connectivity index (χ2n) is 4.55. The molecular formula is C16H19ClN2O. The van der Waals surface area contributed by atoms with Gasteiger partial charge in [-0.15, -0.1) is 0 Å². The van der Waals surface area contributed by atoms with Crippen LogP contribution in [0.1, 0.15) is 25.3 Å². The van der Waals surface area contributed by atoms with Crippen molar-refractivity contribution >= 4 is 17.4 Å². The Balaban J connectivity index is 1.84. The minimum atomic E-state index is 0.495. The molecule has 0 unspecified atom stereocenters. The van der Waals surface area contributed by atoms with Crippen LogP contribution in [0.2, 0.25) is 5.15 Å². The van der Waals surface area contributed by atoms with Crippen molar-refractivity contribution in [1.29, 1.82) is 0 Å². The zero-order valence-corrected chi connectivity index (χ0v) is 12.4. The van der Waals surface area contributed by atoms with Crippen molar-refractivity contribution in [3.8, 4) is 5.75 Å². The predicted octanol–water partition coefficient (Wildman–Crippen LogP) is 4.53. The summed E-state index contributed by atoms with van der Waals surface area (Å²) in [5.41, 5.74) is 1.18. The van der Waals surface area contributed by atoms with Gasteiger partial charge in [0.05, 0.1) is 6.61 Å². The molecule has 0 amide bonds. The van der Waals surface area contributed by atoms with Crippen LogP contribution < -0.4 is 10.1 Å². The molecule has 1 N–H and O–H groups in total. The highest BCUT2D eigenvalue weighted by Gasteiger charge is 1.98. The lowest BCUT2D eigenvalue weighted by atomic mass is 10.2. The van der Waals surface area contributed by atoms with Crippen LogP contribution in [0.25, 0.3) is 0 Å². The first kappa shape index (κ1) is 14.7. The Morgan fingerprint density at radius 1 is 1.15 bits per heavy atom. The van der Waals surface area contributed by atoms with Gasteiger partial charge in [0.2, 0.25) is 0 Å². The van der Waals surface area contributed by atoms with E-state index in [1.807, 2.05) is 24.3 Å². The van der Waals surface area contributed by atoms with Crippen LogP contribution in [0.4, 0.5) is 5.82 Å². The lowest BCUT2D eigenvalue weighted by molar-refractivity contribution is 0.309. The first-order chi connectivity index (χ1) is 9.78. The summed E-state index contributed by atoms with van der Waals surface area (Å²) in [6.07, 6.45) is 2.23. The third-order valence-corrected chi connectivity index (χ3v) is 3.09. The number of nitrogens with one attached hydrogen (secondary N) is 1. The van der Waals surface area contributed by atoms with E-state index >= 15 is 0 Å². The quantitative estimate of drug-likeness (QED) is 0.601. The van der Waals surface area contributed by atoms with E-state index in [1.54, 1.807) is 6.07 Å². The number of unbranched alkanes of at least 4 members (excludes halogenated alkanes) is 1. The second-order valence-corrected chi connectivity index (χ2v) is 4.93. The van der Waals surface area contributed by atoms with Crippen molar-refractivity contribution in [2.75, 3.05) is 11.9 Å². The lowest BCUT2D eigenvalue weighted by Gasteiger charge is -2.08. The molecule has 3 nitrogen and oxygen atoms in total. The monoisotopic (exact) mass is 290 g/mol. The minimum absolute atomic E-state index is 0.495. The van der Waals surface area contributed by atoms with E-state index in [9.17, 15) is 0 Å². The van der Waals surface area contributed by atoms with Gasteiger partial charge in [0, 0.05) is 6.54 Å². The molecule has 106 valence electrons. The molecule has 4 heteroatoms. The standard InChI is InChI=1S/C16H19ClN2O/c1-2-3-11-20-14-9-7-13(8-10-14)12-18-16-6-4-5-15(17)19-16/h4-10H,2-3,11-12H2,1H3,(H,18,19). The summed E-state index contributed by atoms with van der Waals surface area (Å²) >= 11 is 5.84. The van der Waals surface area contributed by atoms with E-state index in [2.05, 4.69) is 29.4 Å². The highest BCUT2D eigenvalue weighted by Crippen LogP contribution is 2.14. The highest BCUT2D eigenvalue weighted by atomic mass is 35.5. The summed E-state index contributed by atoms with van der Waals surface area (Å²) in [7, 11) is 0. The van der Waals surface area contributed by atoms with E-state index in [1.165, 1.54) is 5.56 Å². The number of anilines is 1. The maximum Gasteiger partial charge on any atom is 0.131 e. The zero-order valence-electron chi connectivity index (χ0n) is 11.6. The van der Waals surface area contributed by atoms with Gasteiger partial charge in [-0.1, -0.05) is 43.1 Å². The molecule has 20 heavy (non-hydrogen) atoms. The number of ether oxygens (including phenoxy) is 1. The summed E-state index contributed by atoms with van der Waals surface area (Å²) in [6, 6.07) is 13.6. The Bertz CT molecular complexity index is 528. The summed E-state index contributed by atoms with van der Waals surface area (Å²) in [4.78, 5) is 4.19. The van der Waals surface area contributed by atoms with Gasteiger partial charge in [-0.3, -0.25) is 0 Å². The molecular weight excluding hydrogens is 272 g/mol. The van der Waals surface area contributed by atoms with Crippen molar-refractivity contribution in [2.24, 2.45) is 0 Å². The van der Waals surface area contributed by atoms with Gasteiger partial charge in [-0.2, -0.15) is 0 Å². The van der Waals surface area contributed by atoms with Crippen LogP contribution >= 0.6 is 11.6 Å². The molecule has 0 aliphatic heterocycles. The Morgan fingerprint density at radius 2 is 1.95 bits per heavy atom. The molecule has 0 spiro atoms. The van der Waals surface area contributed by atoms with Crippen molar-refractivity contribution in [2.45, 2.75) is 26.3 Å². The van der Waals surface area contributed by atoms with E-state index in [0.717, 1.165) is 31.0 Å². The van der Waals surface area contributed by atoms with E-state index < -0.39 is 0 Å². The summed E-state index contributed by atoms with van der Waals surface area (Å²) in [5.74, 6) is 1.70. The fourth-order valence-electron chi connectivity index (χ4n) is 1.74. The smallest absolute Gasteiger partial charge is 0.131 e. The van der Waals surface area contributed by atoms with E-state index in [4.69, 9.17) is 16.3 Å². The molecule has 0 saturated carbocycles. The first-order valence-corrected chi connectivity index (χ1v) is 7.24. The highest BCUT2D eigenvalue weighted by molar-refractivity contribution is 6.29. The number of hydrogen-bond acceptors (Lipinski definition) is 3. The molecule has 1 heterocycles.